The first-order chi connectivity index (χ1) is 27.8. The molecule has 0 spiro atoms. The van der Waals surface area contributed by atoms with Crippen LogP contribution in [0.5, 0.6) is 0 Å². The number of terminal acetylenes is 1. The first-order valence-electron chi connectivity index (χ1n) is 19.2. The Labute approximate surface area is 338 Å². The van der Waals surface area contributed by atoms with Crippen LogP contribution in [0.4, 0.5) is 9.59 Å². The molecule has 5 rings (SSSR count). The third-order valence-electron chi connectivity index (χ3n) is 9.30. The maximum atomic E-state index is 13.5. The molecule has 13 heteroatoms. The van der Waals surface area contributed by atoms with Gasteiger partial charge in [-0.15, -0.1) is 12.3 Å². The van der Waals surface area contributed by atoms with Crippen molar-refractivity contribution in [3.63, 3.8) is 0 Å². The van der Waals surface area contributed by atoms with Crippen LogP contribution in [-0.4, -0.2) is 60.8 Å². The zero-order chi connectivity index (χ0) is 41.7. The number of alkyl carbamates (subject to hydrolysis) is 2. The second-order valence-electron chi connectivity index (χ2n) is 15.0. The highest BCUT2D eigenvalue weighted by Crippen LogP contribution is 2.44. The highest BCUT2D eigenvalue weighted by Gasteiger charge is 2.30. The van der Waals surface area contributed by atoms with E-state index >= 15 is 0 Å². The molecule has 13 nitrogen and oxygen atoms in total. The van der Waals surface area contributed by atoms with Gasteiger partial charge < -0.3 is 39.9 Å². The second kappa shape index (κ2) is 20.0. The molecule has 58 heavy (non-hydrogen) atoms. The van der Waals surface area contributed by atoms with Gasteiger partial charge in [-0.1, -0.05) is 78.4 Å². The van der Waals surface area contributed by atoms with E-state index in [9.17, 15) is 24.0 Å². The summed E-state index contributed by atoms with van der Waals surface area (Å²) < 4.78 is 21.9. The number of furan rings is 1. The van der Waals surface area contributed by atoms with Crippen LogP contribution in [0.2, 0.25) is 0 Å². The van der Waals surface area contributed by atoms with Crippen molar-refractivity contribution in [1.82, 2.24) is 21.3 Å². The van der Waals surface area contributed by atoms with E-state index in [1.54, 1.807) is 20.8 Å². The Morgan fingerprint density at radius 2 is 1.50 bits per heavy atom. The van der Waals surface area contributed by atoms with Gasteiger partial charge in [0.25, 0.3) is 5.91 Å². The van der Waals surface area contributed by atoms with Crippen LogP contribution in [0.25, 0.3) is 11.1 Å². The molecule has 1 aliphatic carbocycles. The summed E-state index contributed by atoms with van der Waals surface area (Å²) in [5, 5.41) is 10.6. The molecule has 0 bridgehead atoms. The minimum absolute atomic E-state index is 0.00478. The first kappa shape index (κ1) is 42.6. The van der Waals surface area contributed by atoms with E-state index in [2.05, 4.69) is 39.3 Å². The fourth-order valence-electron chi connectivity index (χ4n) is 6.41. The van der Waals surface area contributed by atoms with E-state index in [1.807, 2.05) is 67.6 Å². The van der Waals surface area contributed by atoms with Gasteiger partial charge in [0.1, 0.15) is 42.9 Å². The Kier molecular flexibility index (Phi) is 14.7. The Balaban J connectivity index is 1.13. The molecule has 0 unspecified atom stereocenters. The van der Waals surface area contributed by atoms with Gasteiger partial charge in [0.05, 0.1) is 12.1 Å². The largest absolute Gasteiger partial charge is 0.467 e. The number of benzene rings is 3. The monoisotopic (exact) mass is 790 g/mol. The summed E-state index contributed by atoms with van der Waals surface area (Å²) in [5.74, 6) is 0.569. The number of ether oxygens (including phenoxy) is 3. The number of rotatable bonds is 17. The molecule has 3 aromatic carbocycles. The molecule has 1 aliphatic rings. The third-order valence-corrected chi connectivity index (χ3v) is 9.30. The lowest BCUT2D eigenvalue weighted by Gasteiger charge is -2.22. The van der Waals surface area contributed by atoms with Crippen LogP contribution in [0.15, 0.2) is 89.5 Å². The predicted molar refractivity (Wildman–Crippen MR) is 216 cm³/mol. The van der Waals surface area contributed by atoms with Crippen molar-refractivity contribution >= 4 is 30.0 Å². The third kappa shape index (κ3) is 12.2. The van der Waals surface area contributed by atoms with Crippen molar-refractivity contribution < 1.29 is 42.6 Å². The summed E-state index contributed by atoms with van der Waals surface area (Å²) in [4.78, 5) is 64.8. The molecule has 0 aliphatic heterocycles. The summed E-state index contributed by atoms with van der Waals surface area (Å²) in [5.41, 5.74) is 5.69. The molecule has 1 aromatic heterocycles. The van der Waals surface area contributed by atoms with Crippen molar-refractivity contribution in [2.45, 2.75) is 90.1 Å². The number of aryl methyl sites for hydroxylation is 1. The lowest BCUT2D eigenvalue weighted by atomic mass is 9.98. The molecule has 0 fully saturated rings. The zero-order valence-corrected chi connectivity index (χ0v) is 33.2. The molecule has 0 radical (unpaired) electrons. The van der Waals surface area contributed by atoms with Crippen LogP contribution in [0.1, 0.15) is 90.7 Å². The Hall–Kier alpha value is -6.55. The number of hydrogen-bond donors (Lipinski definition) is 4. The van der Waals surface area contributed by atoms with Crippen LogP contribution < -0.4 is 21.3 Å². The van der Waals surface area contributed by atoms with Crippen LogP contribution >= 0.6 is 0 Å². The molecule has 0 saturated heterocycles. The summed E-state index contributed by atoms with van der Waals surface area (Å²) >= 11 is 0. The highest BCUT2D eigenvalue weighted by molar-refractivity contribution is 5.98. The molecule has 0 saturated carbocycles. The maximum Gasteiger partial charge on any atom is 0.407 e. The van der Waals surface area contributed by atoms with E-state index in [0.717, 1.165) is 33.4 Å². The van der Waals surface area contributed by atoms with Crippen molar-refractivity contribution in [3.05, 3.63) is 119 Å². The van der Waals surface area contributed by atoms with E-state index in [0.29, 0.717) is 12.8 Å². The zero-order valence-electron chi connectivity index (χ0n) is 33.2. The molecular weight excluding hydrogens is 741 g/mol. The van der Waals surface area contributed by atoms with Gasteiger partial charge in [0.2, 0.25) is 5.91 Å². The van der Waals surface area contributed by atoms with E-state index in [4.69, 9.17) is 25.1 Å². The molecule has 4 amide bonds. The van der Waals surface area contributed by atoms with Gasteiger partial charge >= 0.3 is 18.2 Å². The molecule has 4 aromatic rings. The minimum atomic E-state index is -1.20. The lowest BCUT2D eigenvalue weighted by Crippen LogP contribution is -2.51. The number of unbranched alkanes of at least 4 members (excludes halogenated alkanes) is 1. The number of carbonyl (C=O) groups excluding carboxylic acids is 5. The quantitative estimate of drug-likeness (QED) is 0.0394. The number of esters is 1. The van der Waals surface area contributed by atoms with E-state index in [1.165, 1.54) is 12.3 Å². The normalized spacial score (nSPS) is 12.8. The number of amides is 4. The molecule has 304 valence electrons. The Bertz CT molecular complexity index is 2070. The van der Waals surface area contributed by atoms with Crippen LogP contribution in [0.3, 0.4) is 0 Å². The fraction of sp³-hybridized carbons (Fsp3) is 0.356. The second-order valence-corrected chi connectivity index (χ2v) is 15.0. The van der Waals surface area contributed by atoms with Crippen molar-refractivity contribution in [2.24, 2.45) is 0 Å². The average Bonchev–Trinajstić information content (AvgIpc) is 3.80. The van der Waals surface area contributed by atoms with Gasteiger partial charge in [0.15, 0.2) is 0 Å². The number of carbonyl (C=O) groups is 5. The molecule has 4 N–H and O–H groups in total. The first-order valence-corrected chi connectivity index (χ1v) is 19.2. The molecule has 1 heterocycles. The molecular formula is C45H50N4O9. The summed E-state index contributed by atoms with van der Waals surface area (Å²) in [6.45, 7) is 7.60. The maximum absolute atomic E-state index is 13.5. The van der Waals surface area contributed by atoms with Crippen molar-refractivity contribution in [1.29, 1.82) is 0 Å². The van der Waals surface area contributed by atoms with Crippen molar-refractivity contribution in [3.8, 4) is 23.5 Å². The number of fused-ring (bicyclic) bond motifs is 3. The lowest BCUT2D eigenvalue weighted by molar-refractivity contribution is -0.149. The van der Waals surface area contributed by atoms with Gasteiger partial charge in [-0.3, -0.25) is 9.59 Å². The summed E-state index contributed by atoms with van der Waals surface area (Å²) in [7, 11) is 0. The van der Waals surface area contributed by atoms with Gasteiger partial charge in [0, 0.05) is 18.9 Å². The number of hydrogen-bond acceptors (Lipinski definition) is 9. The topological polar surface area (TPSA) is 174 Å². The van der Waals surface area contributed by atoms with Gasteiger partial charge in [-0.05, 0) is 80.8 Å². The SMILES string of the molecule is C#CC[C@H](NC(=O)c1coc(CNC(=O)OCC2c3ccccc3-c3ccccc32)c1)C(=O)N[C@@H](CCCCNC(=O)OC(C)(C)C)C(=O)OCc1ccc(C)cc1. The van der Waals surface area contributed by atoms with Gasteiger partial charge in [-0.25, -0.2) is 14.4 Å². The highest BCUT2D eigenvalue weighted by atomic mass is 16.6. The van der Waals surface area contributed by atoms with Crippen LogP contribution in [0, 0.1) is 19.3 Å². The van der Waals surface area contributed by atoms with Gasteiger partial charge in [-0.2, -0.15) is 0 Å². The Morgan fingerprint density at radius 3 is 2.16 bits per heavy atom. The number of nitrogens with one attached hydrogen (secondary N) is 4. The molecule has 2 atom stereocenters. The Morgan fingerprint density at radius 1 is 0.828 bits per heavy atom. The standard InChI is InChI=1S/C45H50N4O9/c1-6-13-38(41(51)49-39(18-11-12-23-46-44(54)58-45(3,4)5)42(52)56-26-30-21-19-29(2)20-22-30)48-40(50)31-24-32(55-27-31)25-47-43(53)57-28-37-35-16-9-7-14-33(35)34-15-8-10-17-36(34)37/h1,7-10,14-17,19-22,24,27,37-39H,11-13,18,23,25-26,28H2,2-5H3,(H,46,54)(H,47,53)(H,48,50)(H,49,51)/t38-,39-/m0/s1. The minimum Gasteiger partial charge on any atom is -0.467 e. The predicted octanol–water partition coefficient (Wildman–Crippen LogP) is 6.67. The summed E-state index contributed by atoms with van der Waals surface area (Å²) in [6, 6.07) is 22.7. The van der Waals surface area contributed by atoms with Crippen molar-refractivity contribution in [2.75, 3.05) is 13.2 Å². The van der Waals surface area contributed by atoms with E-state index < -0.39 is 47.7 Å². The average molecular weight is 791 g/mol. The summed E-state index contributed by atoms with van der Waals surface area (Å²) in [6.07, 6.45) is 6.50. The fourth-order valence-corrected chi connectivity index (χ4v) is 6.41. The smallest absolute Gasteiger partial charge is 0.407 e. The van der Waals surface area contributed by atoms with E-state index in [-0.39, 0.29) is 56.4 Å². The van der Waals surface area contributed by atoms with Crippen LogP contribution in [-0.2, 0) is 37.0 Å².